The van der Waals surface area contributed by atoms with E-state index in [1.165, 1.54) is 6.42 Å². The first-order chi connectivity index (χ1) is 14.3. The Bertz CT molecular complexity index is 771. The van der Waals surface area contributed by atoms with Crippen LogP contribution >= 0.6 is 0 Å². The summed E-state index contributed by atoms with van der Waals surface area (Å²) in [5.74, 6) is -3.53. The minimum absolute atomic E-state index is 0.0475. The zero-order valence-electron chi connectivity index (χ0n) is 16.7. The van der Waals surface area contributed by atoms with Crippen molar-refractivity contribution >= 4 is 16.1 Å². The van der Waals surface area contributed by atoms with Crippen molar-refractivity contribution in [3.05, 3.63) is 12.2 Å². The summed E-state index contributed by atoms with van der Waals surface area (Å²) in [6, 6.07) is 0. The van der Waals surface area contributed by atoms with Crippen LogP contribution in [0.2, 0.25) is 0 Å². The van der Waals surface area contributed by atoms with Crippen molar-refractivity contribution in [1.29, 1.82) is 0 Å². The van der Waals surface area contributed by atoms with Gasteiger partial charge in [-0.2, -0.15) is 17.6 Å². The van der Waals surface area contributed by atoms with E-state index in [4.69, 9.17) is 9.47 Å². The summed E-state index contributed by atoms with van der Waals surface area (Å²) in [7, 11) is -6.55. The Balaban J connectivity index is 1.34. The van der Waals surface area contributed by atoms with Crippen molar-refractivity contribution in [2.75, 3.05) is 20.0 Å². The summed E-state index contributed by atoms with van der Waals surface area (Å²) < 4.78 is 99.0. The van der Waals surface area contributed by atoms with Gasteiger partial charge in [0, 0.05) is 6.42 Å². The summed E-state index contributed by atoms with van der Waals surface area (Å²) in [5.41, 5.74) is -0.250. The number of hydrogen-bond donors (Lipinski definition) is 0. The molecule has 4 fully saturated rings. The third kappa shape index (κ3) is 5.23. The molecule has 31 heavy (non-hydrogen) atoms. The third-order valence-electron chi connectivity index (χ3n) is 6.46. The number of rotatable bonds is 11. The van der Waals surface area contributed by atoms with E-state index in [9.17, 15) is 35.3 Å². The van der Waals surface area contributed by atoms with Crippen LogP contribution in [0.1, 0.15) is 38.5 Å². The first-order valence-electron chi connectivity index (χ1n) is 10.1. The van der Waals surface area contributed by atoms with E-state index in [0.29, 0.717) is 11.8 Å². The van der Waals surface area contributed by atoms with Gasteiger partial charge in [-0.05, 0) is 55.8 Å². The molecule has 0 aromatic rings. The lowest BCUT2D eigenvalue weighted by molar-refractivity contribution is -0.184. The summed E-state index contributed by atoms with van der Waals surface area (Å²) >= 11 is 0. The maximum absolute atomic E-state index is 13.3. The molecule has 0 aromatic carbocycles. The van der Waals surface area contributed by atoms with Gasteiger partial charge in [-0.1, -0.05) is 6.58 Å². The smallest absolute Gasteiger partial charge is 0.396 e. The van der Waals surface area contributed by atoms with Crippen LogP contribution in [0.15, 0.2) is 12.2 Å². The molecule has 0 aromatic heterocycles. The van der Waals surface area contributed by atoms with Gasteiger partial charge in [0.15, 0.2) is 16.9 Å². The van der Waals surface area contributed by atoms with Crippen LogP contribution in [-0.4, -0.2) is 56.2 Å². The Kier molecular flexibility index (Phi) is 7.05. The number of esters is 1. The highest BCUT2D eigenvalue weighted by atomic mass is 32.2. The van der Waals surface area contributed by atoms with E-state index in [2.05, 4.69) is 11.3 Å². The van der Waals surface area contributed by atoms with Crippen molar-refractivity contribution < 1.29 is 49.5 Å². The fraction of sp³-hybridized carbons (Fsp3) is 0.842. The molecule has 7 nitrogen and oxygen atoms in total. The van der Waals surface area contributed by atoms with Gasteiger partial charge in [-0.15, -0.1) is 0 Å². The Morgan fingerprint density at radius 2 is 1.58 bits per heavy atom. The van der Waals surface area contributed by atoms with Gasteiger partial charge < -0.3 is 18.8 Å². The highest BCUT2D eigenvalue weighted by Crippen LogP contribution is 2.54. The van der Waals surface area contributed by atoms with E-state index in [1.807, 2.05) is 0 Å². The van der Waals surface area contributed by atoms with Crippen LogP contribution in [0, 0.1) is 23.7 Å². The topological polar surface area (TPSA) is 102 Å². The van der Waals surface area contributed by atoms with Crippen LogP contribution < -0.4 is 0 Å². The largest absolute Gasteiger partial charge is 0.743 e. The number of carbonyl (C=O) groups excluding carboxylic acids is 1. The lowest BCUT2D eigenvalue weighted by Crippen LogP contribution is -2.49. The van der Waals surface area contributed by atoms with Crippen LogP contribution in [-0.2, 0) is 29.1 Å². The molecule has 178 valence electrons. The lowest BCUT2D eigenvalue weighted by atomic mass is 9.55. The predicted octanol–water partition coefficient (Wildman–Crippen LogP) is 3.06. The summed E-state index contributed by atoms with van der Waals surface area (Å²) in [6.07, 6.45) is 4.12. The molecule has 0 aliphatic heterocycles. The second kappa shape index (κ2) is 8.95. The normalized spacial score (nSPS) is 30.4. The van der Waals surface area contributed by atoms with E-state index in [0.717, 1.165) is 37.5 Å². The molecule has 4 aliphatic rings. The van der Waals surface area contributed by atoms with Crippen molar-refractivity contribution in [1.82, 2.24) is 0 Å². The number of carbonyl (C=O) groups is 1. The van der Waals surface area contributed by atoms with Crippen molar-refractivity contribution in [2.24, 2.45) is 23.7 Å². The van der Waals surface area contributed by atoms with Crippen LogP contribution in [0.4, 0.5) is 17.6 Å². The minimum atomic E-state index is -6.55. The predicted molar refractivity (Wildman–Crippen MR) is 97.0 cm³/mol. The summed E-state index contributed by atoms with van der Waals surface area (Å²) in [5, 5.41) is -5.77. The first kappa shape index (κ1) is 24.4. The van der Waals surface area contributed by atoms with Crippen LogP contribution in [0.3, 0.4) is 0 Å². The fourth-order valence-corrected chi connectivity index (χ4v) is 5.67. The molecular formula is C19H25F4O7S-. The second-order valence-electron chi connectivity index (χ2n) is 8.69. The Labute approximate surface area is 177 Å². The average Bonchev–Trinajstić information content (AvgIpc) is 2.65. The molecule has 4 aliphatic carbocycles. The number of hydrogen-bond acceptors (Lipinski definition) is 7. The van der Waals surface area contributed by atoms with E-state index in [-0.39, 0.29) is 18.5 Å². The summed E-state index contributed by atoms with van der Waals surface area (Å²) in [4.78, 5) is 11.9. The molecule has 0 radical (unpaired) electrons. The molecule has 12 heteroatoms. The maximum atomic E-state index is 13.3. The molecule has 0 saturated heterocycles. The van der Waals surface area contributed by atoms with Gasteiger partial charge in [0.2, 0.25) is 0 Å². The van der Waals surface area contributed by atoms with Crippen molar-refractivity contribution in [2.45, 2.75) is 55.8 Å². The molecule has 4 bridgehead atoms. The SMILES string of the molecule is C=C(COCCC(F)(F)C(F)(F)S(=O)(=O)[O-])C(=O)OCOC1C2CC3CC(C2)CC1C3. The van der Waals surface area contributed by atoms with Crippen molar-refractivity contribution in [3.63, 3.8) is 0 Å². The highest BCUT2D eigenvalue weighted by Gasteiger charge is 2.61. The number of halogens is 4. The van der Waals surface area contributed by atoms with Gasteiger partial charge >= 0.3 is 17.1 Å². The Morgan fingerprint density at radius 1 is 1.03 bits per heavy atom. The van der Waals surface area contributed by atoms with Gasteiger partial charge in [-0.25, -0.2) is 13.2 Å². The Hall–Kier alpha value is -1.24. The second-order valence-corrected chi connectivity index (χ2v) is 10.1. The molecule has 0 unspecified atom stereocenters. The lowest BCUT2D eigenvalue weighted by Gasteiger charge is -2.53. The quantitative estimate of drug-likeness (QED) is 0.114. The van der Waals surface area contributed by atoms with E-state index < -0.39 is 46.9 Å². The number of alkyl halides is 4. The standard InChI is InChI=1S/C19H26F4O7S/c1-11(9-28-3-2-18(20,21)19(22,23)31(25,26)27)17(24)30-10-29-16-14-5-12-4-13(7-14)8-15(16)6-12/h12-16H,1-10H2,(H,25,26,27)/p-1. The van der Waals surface area contributed by atoms with Gasteiger partial charge in [0.05, 0.1) is 24.9 Å². The summed E-state index contributed by atoms with van der Waals surface area (Å²) in [6.45, 7) is 1.47. The molecule has 4 rings (SSSR count). The molecule has 0 amide bonds. The maximum Gasteiger partial charge on any atom is 0.396 e. The van der Waals surface area contributed by atoms with Crippen LogP contribution in [0.25, 0.3) is 0 Å². The molecule has 0 heterocycles. The first-order valence-corrected chi connectivity index (χ1v) is 11.5. The molecular weight excluding hydrogens is 448 g/mol. The molecule has 0 spiro atoms. The monoisotopic (exact) mass is 473 g/mol. The third-order valence-corrected chi connectivity index (χ3v) is 7.38. The fourth-order valence-electron chi connectivity index (χ4n) is 5.20. The zero-order valence-corrected chi connectivity index (χ0v) is 17.6. The average molecular weight is 473 g/mol. The molecule has 0 atom stereocenters. The zero-order chi connectivity index (χ0) is 23.0. The van der Waals surface area contributed by atoms with Gasteiger partial charge in [-0.3, -0.25) is 0 Å². The van der Waals surface area contributed by atoms with Crippen LogP contribution in [0.5, 0.6) is 0 Å². The minimum Gasteiger partial charge on any atom is -0.743 e. The highest BCUT2D eigenvalue weighted by molar-refractivity contribution is 7.86. The van der Waals surface area contributed by atoms with E-state index >= 15 is 0 Å². The van der Waals surface area contributed by atoms with E-state index in [1.54, 1.807) is 0 Å². The Morgan fingerprint density at radius 3 is 2.10 bits per heavy atom. The van der Waals surface area contributed by atoms with Gasteiger partial charge in [0.1, 0.15) is 0 Å². The molecule has 0 N–H and O–H groups in total. The van der Waals surface area contributed by atoms with Crippen molar-refractivity contribution in [3.8, 4) is 0 Å². The number of ether oxygens (including phenoxy) is 3. The molecule has 4 saturated carbocycles. The van der Waals surface area contributed by atoms with Gasteiger partial charge in [0.25, 0.3) is 0 Å².